The van der Waals surface area contributed by atoms with Crippen molar-refractivity contribution in [2.24, 2.45) is 0 Å². The summed E-state index contributed by atoms with van der Waals surface area (Å²) in [6.07, 6.45) is 0.915. The lowest BCUT2D eigenvalue weighted by atomic mass is 10.1. The lowest BCUT2D eigenvalue weighted by molar-refractivity contribution is 0.0602. The van der Waals surface area contributed by atoms with Crippen LogP contribution in [0, 0.1) is 6.92 Å². The molecule has 110 valence electrons. The summed E-state index contributed by atoms with van der Waals surface area (Å²) >= 11 is 0. The number of hydrogen-bond acceptors (Lipinski definition) is 4. The Balaban J connectivity index is 2.06. The molecule has 0 unspecified atom stereocenters. The molecular formula is C17H20N2O2. The van der Waals surface area contributed by atoms with Crippen molar-refractivity contribution < 1.29 is 9.53 Å². The van der Waals surface area contributed by atoms with Gasteiger partial charge in [-0.25, -0.2) is 4.79 Å². The lowest BCUT2D eigenvalue weighted by Gasteiger charge is -2.12. The van der Waals surface area contributed by atoms with Gasteiger partial charge in [-0.2, -0.15) is 0 Å². The monoisotopic (exact) mass is 284 g/mol. The number of benzene rings is 2. The van der Waals surface area contributed by atoms with Gasteiger partial charge in [0.05, 0.1) is 12.7 Å². The zero-order valence-corrected chi connectivity index (χ0v) is 12.3. The highest BCUT2D eigenvalue weighted by atomic mass is 16.5. The summed E-state index contributed by atoms with van der Waals surface area (Å²) in [5.74, 6) is -0.415. The van der Waals surface area contributed by atoms with Gasteiger partial charge in [-0.05, 0) is 36.6 Å². The number of anilines is 2. The fourth-order valence-electron chi connectivity index (χ4n) is 2.18. The highest BCUT2D eigenvalue weighted by molar-refractivity contribution is 5.97. The van der Waals surface area contributed by atoms with Crippen LogP contribution in [0.25, 0.3) is 0 Å². The van der Waals surface area contributed by atoms with Crippen molar-refractivity contribution in [1.82, 2.24) is 0 Å². The van der Waals surface area contributed by atoms with Crippen molar-refractivity contribution in [1.29, 1.82) is 0 Å². The van der Waals surface area contributed by atoms with E-state index < -0.39 is 5.97 Å². The Morgan fingerprint density at radius 1 is 1.24 bits per heavy atom. The van der Waals surface area contributed by atoms with Crippen LogP contribution in [0.2, 0.25) is 0 Å². The molecule has 4 nitrogen and oxygen atoms in total. The van der Waals surface area contributed by atoms with E-state index in [1.54, 1.807) is 6.07 Å². The van der Waals surface area contributed by atoms with Crippen LogP contribution in [-0.2, 0) is 11.2 Å². The number of aryl methyl sites for hydroxylation is 1. The SMILES string of the molecule is COC(=O)c1cc(NCCc2ccccc2)cc(C)c1N. The molecule has 0 radical (unpaired) electrons. The quantitative estimate of drug-likeness (QED) is 0.654. The standard InChI is InChI=1S/C17H20N2O2/c1-12-10-14(11-15(16(12)18)17(20)21-2)19-9-8-13-6-4-3-5-7-13/h3-7,10-11,19H,8-9,18H2,1-2H3. The van der Waals surface area contributed by atoms with E-state index in [4.69, 9.17) is 10.5 Å². The Kier molecular flexibility index (Phi) is 4.82. The number of carbonyl (C=O) groups excluding carboxylic acids is 1. The maximum Gasteiger partial charge on any atom is 0.340 e. The third-order valence-corrected chi connectivity index (χ3v) is 3.38. The Hall–Kier alpha value is -2.49. The molecule has 0 bridgehead atoms. The Labute approximate surface area is 124 Å². The van der Waals surface area contributed by atoms with Crippen LogP contribution in [-0.4, -0.2) is 19.6 Å². The molecule has 0 aliphatic carbocycles. The maximum absolute atomic E-state index is 11.7. The molecule has 0 amide bonds. The van der Waals surface area contributed by atoms with Crippen LogP contribution in [0.1, 0.15) is 21.5 Å². The second-order valence-corrected chi connectivity index (χ2v) is 4.91. The number of nitrogens with two attached hydrogens (primary N) is 1. The van der Waals surface area contributed by atoms with E-state index in [9.17, 15) is 4.79 Å². The number of carbonyl (C=O) groups is 1. The van der Waals surface area contributed by atoms with Crippen molar-refractivity contribution in [2.45, 2.75) is 13.3 Å². The maximum atomic E-state index is 11.7. The largest absolute Gasteiger partial charge is 0.465 e. The normalized spacial score (nSPS) is 10.2. The van der Waals surface area contributed by atoms with Gasteiger partial charge in [-0.3, -0.25) is 0 Å². The first kappa shape index (κ1) is 14.9. The van der Waals surface area contributed by atoms with Crippen LogP contribution in [0.3, 0.4) is 0 Å². The summed E-state index contributed by atoms with van der Waals surface area (Å²) in [7, 11) is 1.35. The smallest absolute Gasteiger partial charge is 0.340 e. The molecule has 2 rings (SSSR count). The lowest BCUT2D eigenvalue weighted by Crippen LogP contribution is -2.10. The van der Waals surface area contributed by atoms with Gasteiger partial charge in [0.2, 0.25) is 0 Å². The molecule has 0 aliphatic rings. The molecular weight excluding hydrogens is 264 g/mol. The first-order valence-corrected chi connectivity index (χ1v) is 6.88. The summed E-state index contributed by atoms with van der Waals surface area (Å²) in [5.41, 5.74) is 9.79. The molecule has 0 atom stereocenters. The number of methoxy groups -OCH3 is 1. The molecule has 3 N–H and O–H groups in total. The number of rotatable bonds is 5. The minimum atomic E-state index is -0.415. The molecule has 0 spiro atoms. The van der Waals surface area contributed by atoms with Gasteiger partial charge >= 0.3 is 5.97 Å². The van der Waals surface area contributed by atoms with Gasteiger partial charge in [-0.15, -0.1) is 0 Å². The van der Waals surface area contributed by atoms with E-state index in [2.05, 4.69) is 17.4 Å². The zero-order chi connectivity index (χ0) is 15.2. The molecule has 0 aromatic heterocycles. The number of esters is 1. The second-order valence-electron chi connectivity index (χ2n) is 4.91. The fraction of sp³-hybridized carbons (Fsp3) is 0.235. The summed E-state index contributed by atoms with van der Waals surface area (Å²) in [5, 5.41) is 3.32. The average molecular weight is 284 g/mol. The van der Waals surface area contributed by atoms with Crippen LogP contribution in [0.5, 0.6) is 0 Å². The van der Waals surface area contributed by atoms with Gasteiger partial charge in [0.25, 0.3) is 0 Å². The van der Waals surface area contributed by atoms with Crippen LogP contribution in [0.4, 0.5) is 11.4 Å². The number of ether oxygens (including phenoxy) is 1. The van der Waals surface area contributed by atoms with Crippen molar-refractivity contribution in [3.05, 3.63) is 59.2 Å². The topological polar surface area (TPSA) is 64.3 Å². The zero-order valence-electron chi connectivity index (χ0n) is 12.3. The number of nitrogens with one attached hydrogen (secondary N) is 1. The van der Waals surface area contributed by atoms with Gasteiger partial charge in [-0.1, -0.05) is 30.3 Å². The molecule has 21 heavy (non-hydrogen) atoms. The van der Waals surface area contributed by atoms with Crippen molar-refractivity contribution in [3.63, 3.8) is 0 Å². The van der Waals surface area contributed by atoms with Crippen LogP contribution >= 0.6 is 0 Å². The number of nitrogen functional groups attached to an aromatic ring is 1. The highest BCUT2D eigenvalue weighted by Crippen LogP contribution is 2.23. The van der Waals surface area contributed by atoms with E-state index in [0.29, 0.717) is 11.3 Å². The average Bonchev–Trinajstić information content (AvgIpc) is 2.51. The van der Waals surface area contributed by atoms with Gasteiger partial charge in [0, 0.05) is 17.9 Å². The number of hydrogen-bond donors (Lipinski definition) is 2. The molecule has 4 heteroatoms. The summed E-state index contributed by atoms with van der Waals surface area (Å²) in [6.45, 7) is 2.66. The molecule has 0 saturated heterocycles. The van der Waals surface area contributed by atoms with Gasteiger partial charge < -0.3 is 15.8 Å². The molecule has 0 aliphatic heterocycles. The minimum absolute atomic E-state index is 0.403. The second kappa shape index (κ2) is 6.79. The Morgan fingerprint density at radius 2 is 1.95 bits per heavy atom. The third-order valence-electron chi connectivity index (χ3n) is 3.38. The fourth-order valence-corrected chi connectivity index (χ4v) is 2.18. The first-order valence-electron chi connectivity index (χ1n) is 6.88. The van der Waals surface area contributed by atoms with E-state index in [0.717, 1.165) is 24.2 Å². The predicted molar refractivity (Wildman–Crippen MR) is 85.6 cm³/mol. The van der Waals surface area contributed by atoms with Crippen molar-refractivity contribution in [3.8, 4) is 0 Å². The minimum Gasteiger partial charge on any atom is -0.465 e. The van der Waals surface area contributed by atoms with Crippen molar-refractivity contribution in [2.75, 3.05) is 24.7 Å². The van der Waals surface area contributed by atoms with E-state index >= 15 is 0 Å². The van der Waals surface area contributed by atoms with Crippen molar-refractivity contribution >= 4 is 17.3 Å². The van der Waals surface area contributed by atoms with E-state index in [1.165, 1.54) is 12.7 Å². The third kappa shape index (κ3) is 3.75. The molecule has 0 fully saturated rings. The van der Waals surface area contributed by atoms with Gasteiger partial charge in [0.15, 0.2) is 0 Å². The Morgan fingerprint density at radius 3 is 2.62 bits per heavy atom. The van der Waals surface area contributed by atoms with Crippen LogP contribution < -0.4 is 11.1 Å². The summed E-state index contributed by atoms with van der Waals surface area (Å²) < 4.78 is 4.75. The van der Waals surface area contributed by atoms with E-state index in [-0.39, 0.29) is 0 Å². The first-order chi connectivity index (χ1) is 10.1. The highest BCUT2D eigenvalue weighted by Gasteiger charge is 2.13. The predicted octanol–water partition coefficient (Wildman–Crippen LogP) is 3.02. The molecule has 0 heterocycles. The van der Waals surface area contributed by atoms with Crippen LogP contribution in [0.15, 0.2) is 42.5 Å². The summed E-state index contributed by atoms with van der Waals surface area (Å²) in [4.78, 5) is 11.7. The Bertz CT molecular complexity index is 624. The molecule has 0 saturated carbocycles. The molecule has 2 aromatic rings. The molecule has 2 aromatic carbocycles. The van der Waals surface area contributed by atoms with E-state index in [1.807, 2.05) is 31.2 Å². The van der Waals surface area contributed by atoms with Gasteiger partial charge in [0.1, 0.15) is 0 Å². The summed E-state index contributed by atoms with van der Waals surface area (Å²) in [6, 6.07) is 13.9.